The fraction of sp³-hybridized carbons (Fsp3) is 0.462. The van der Waals surface area contributed by atoms with Crippen molar-refractivity contribution >= 4 is 15.9 Å². The number of hydrogen-bond donors (Lipinski definition) is 1. The summed E-state index contributed by atoms with van der Waals surface area (Å²) >= 11 is 0. The number of amides is 1. The third-order valence-electron chi connectivity index (χ3n) is 3.38. The number of hydrogen-bond acceptors (Lipinski definition) is 3. The SMILES string of the molecule is O=C(NCCN1CCCS1(=O)=O)c1ccc(F)c(C(F)(F)F)c1. The maximum absolute atomic E-state index is 13.1. The molecule has 128 valence electrons. The molecule has 1 heterocycles. The molecular weight excluding hydrogens is 340 g/mol. The van der Waals surface area contributed by atoms with Gasteiger partial charge in [-0.25, -0.2) is 17.1 Å². The van der Waals surface area contributed by atoms with Crippen LogP contribution < -0.4 is 5.32 Å². The van der Waals surface area contributed by atoms with Crippen LogP contribution in [0.5, 0.6) is 0 Å². The van der Waals surface area contributed by atoms with Crippen LogP contribution in [0.4, 0.5) is 17.6 Å². The van der Waals surface area contributed by atoms with E-state index in [0.717, 1.165) is 6.07 Å². The maximum Gasteiger partial charge on any atom is 0.419 e. The predicted octanol–water partition coefficient (Wildman–Crippen LogP) is 1.61. The van der Waals surface area contributed by atoms with Crippen LogP contribution in [0.25, 0.3) is 0 Å². The quantitative estimate of drug-likeness (QED) is 0.836. The highest BCUT2D eigenvalue weighted by molar-refractivity contribution is 7.89. The van der Waals surface area contributed by atoms with Gasteiger partial charge in [-0.05, 0) is 24.6 Å². The molecule has 0 bridgehead atoms. The highest BCUT2D eigenvalue weighted by Crippen LogP contribution is 2.31. The van der Waals surface area contributed by atoms with Crippen LogP contribution in [-0.2, 0) is 16.2 Å². The van der Waals surface area contributed by atoms with Gasteiger partial charge < -0.3 is 5.32 Å². The van der Waals surface area contributed by atoms with Gasteiger partial charge in [0.2, 0.25) is 10.0 Å². The van der Waals surface area contributed by atoms with E-state index in [2.05, 4.69) is 5.32 Å². The lowest BCUT2D eigenvalue weighted by atomic mass is 10.1. The number of nitrogens with one attached hydrogen (secondary N) is 1. The Morgan fingerprint density at radius 1 is 1.30 bits per heavy atom. The zero-order valence-electron chi connectivity index (χ0n) is 11.9. The van der Waals surface area contributed by atoms with Crippen LogP contribution in [0.2, 0.25) is 0 Å². The lowest BCUT2D eigenvalue weighted by Gasteiger charge is -2.15. The summed E-state index contributed by atoms with van der Waals surface area (Å²) in [5.41, 5.74) is -1.87. The van der Waals surface area contributed by atoms with Crippen molar-refractivity contribution in [2.24, 2.45) is 0 Å². The highest BCUT2D eigenvalue weighted by Gasteiger charge is 2.34. The maximum atomic E-state index is 13.1. The number of sulfonamides is 1. The molecule has 0 aliphatic carbocycles. The first-order valence-corrected chi connectivity index (χ1v) is 8.35. The normalized spacial score (nSPS) is 18.1. The van der Waals surface area contributed by atoms with E-state index in [1.54, 1.807) is 0 Å². The van der Waals surface area contributed by atoms with Crippen molar-refractivity contribution < 1.29 is 30.8 Å². The summed E-state index contributed by atoms with van der Waals surface area (Å²) in [6.45, 7) is 0.352. The molecule has 0 aromatic heterocycles. The van der Waals surface area contributed by atoms with Crippen molar-refractivity contribution in [1.29, 1.82) is 0 Å². The standard InChI is InChI=1S/C13H14F4N2O3S/c14-11-3-2-9(8-10(11)13(15,16)17)12(20)18-4-6-19-5-1-7-23(19,21)22/h2-3,8H,1,4-7H2,(H,18,20). The van der Waals surface area contributed by atoms with Crippen molar-refractivity contribution in [3.8, 4) is 0 Å². The third kappa shape index (κ3) is 4.20. The van der Waals surface area contributed by atoms with E-state index >= 15 is 0 Å². The van der Waals surface area contributed by atoms with Gasteiger partial charge in [-0.15, -0.1) is 0 Å². The first-order valence-electron chi connectivity index (χ1n) is 6.74. The van der Waals surface area contributed by atoms with Gasteiger partial charge in [0.15, 0.2) is 0 Å². The fourth-order valence-corrected chi connectivity index (χ4v) is 3.75. The second-order valence-corrected chi connectivity index (χ2v) is 7.11. The molecule has 1 aliphatic rings. The number of rotatable bonds is 4. The molecule has 1 N–H and O–H groups in total. The van der Waals surface area contributed by atoms with Crippen LogP contribution in [-0.4, -0.2) is 44.0 Å². The minimum Gasteiger partial charge on any atom is -0.351 e. The molecule has 10 heteroatoms. The summed E-state index contributed by atoms with van der Waals surface area (Å²) in [6, 6.07) is 1.94. The van der Waals surface area contributed by atoms with Crippen molar-refractivity contribution in [1.82, 2.24) is 9.62 Å². The molecule has 2 rings (SSSR count). The molecule has 1 aliphatic heterocycles. The van der Waals surface area contributed by atoms with Gasteiger partial charge in [0.05, 0.1) is 11.3 Å². The number of benzene rings is 1. The molecular formula is C13H14F4N2O3S. The van der Waals surface area contributed by atoms with Gasteiger partial charge in [0.1, 0.15) is 5.82 Å². The van der Waals surface area contributed by atoms with Gasteiger partial charge in [0.25, 0.3) is 5.91 Å². The van der Waals surface area contributed by atoms with Gasteiger partial charge >= 0.3 is 6.18 Å². The molecule has 1 fully saturated rings. The summed E-state index contributed by atoms with van der Waals surface area (Å²) in [6.07, 6.45) is -4.40. The Hall–Kier alpha value is -1.68. The van der Waals surface area contributed by atoms with Gasteiger partial charge in [0, 0.05) is 25.2 Å². The zero-order valence-corrected chi connectivity index (χ0v) is 12.7. The Bertz CT molecular complexity index is 704. The molecule has 1 saturated heterocycles. The Kier molecular flexibility index (Phi) is 4.95. The van der Waals surface area contributed by atoms with E-state index < -0.39 is 33.5 Å². The first kappa shape index (κ1) is 17.7. The second-order valence-electron chi connectivity index (χ2n) is 5.02. The van der Waals surface area contributed by atoms with Gasteiger partial charge in [-0.2, -0.15) is 13.2 Å². The highest BCUT2D eigenvalue weighted by atomic mass is 32.2. The van der Waals surface area contributed by atoms with Crippen molar-refractivity contribution in [3.05, 3.63) is 35.1 Å². The molecule has 5 nitrogen and oxygen atoms in total. The summed E-state index contributed by atoms with van der Waals surface area (Å²) in [5.74, 6) is -2.24. The molecule has 0 unspecified atom stereocenters. The second kappa shape index (κ2) is 6.44. The Labute approximate surface area is 130 Å². The molecule has 0 spiro atoms. The van der Waals surface area contributed by atoms with E-state index in [1.165, 1.54) is 4.31 Å². The number of carbonyl (C=O) groups excluding carboxylic acids is 1. The van der Waals surface area contributed by atoms with E-state index in [-0.39, 0.29) is 24.4 Å². The van der Waals surface area contributed by atoms with Crippen LogP contribution in [0.3, 0.4) is 0 Å². The molecule has 1 aromatic carbocycles. The fourth-order valence-electron chi connectivity index (χ4n) is 2.22. The third-order valence-corrected chi connectivity index (χ3v) is 5.34. The number of halogens is 4. The predicted molar refractivity (Wildman–Crippen MR) is 73.7 cm³/mol. The number of alkyl halides is 3. The van der Waals surface area contributed by atoms with Gasteiger partial charge in [-0.3, -0.25) is 4.79 Å². The van der Waals surface area contributed by atoms with Crippen molar-refractivity contribution in [2.75, 3.05) is 25.4 Å². The minimum absolute atomic E-state index is 0.0431. The Balaban J connectivity index is 1.99. The topological polar surface area (TPSA) is 66.5 Å². The zero-order chi connectivity index (χ0) is 17.3. The van der Waals surface area contributed by atoms with E-state index in [9.17, 15) is 30.8 Å². The molecule has 0 saturated carbocycles. The lowest BCUT2D eigenvalue weighted by molar-refractivity contribution is -0.140. The Morgan fingerprint density at radius 2 is 2.00 bits per heavy atom. The summed E-state index contributed by atoms with van der Waals surface area (Å²) in [4.78, 5) is 11.8. The largest absolute Gasteiger partial charge is 0.419 e. The van der Waals surface area contributed by atoms with Crippen LogP contribution in [0.1, 0.15) is 22.3 Å². The molecule has 0 radical (unpaired) electrons. The summed E-state index contributed by atoms with van der Waals surface area (Å²) < 4.78 is 75.2. The summed E-state index contributed by atoms with van der Waals surface area (Å²) in [5, 5.41) is 2.33. The average molecular weight is 354 g/mol. The van der Waals surface area contributed by atoms with Crippen LogP contribution in [0.15, 0.2) is 18.2 Å². The van der Waals surface area contributed by atoms with Crippen LogP contribution >= 0.6 is 0 Å². The molecule has 1 aromatic rings. The monoisotopic (exact) mass is 354 g/mol. The first-order chi connectivity index (χ1) is 10.6. The van der Waals surface area contributed by atoms with E-state index in [0.29, 0.717) is 25.1 Å². The smallest absolute Gasteiger partial charge is 0.351 e. The lowest BCUT2D eigenvalue weighted by Crippen LogP contribution is -2.36. The van der Waals surface area contributed by atoms with E-state index in [1.807, 2.05) is 0 Å². The number of carbonyl (C=O) groups is 1. The Morgan fingerprint density at radius 3 is 2.57 bits per heavy atom. The van der Waals surface area contributed by atoms with Crippen molar-refractivity contribution in [2.45, 2.75) is 12.6 Å². The average Bonchev–Trinajstić information content (AvgIpc) is 2.77. The van der Waals surface area contributed by atoms with Gasteiger partial charge in [-0.1, -0.05) is 0 Å². The van der Waals surface area contributed by atoms with Crippen molar-refractivity contribution in [3.63, 3.8) is 0 Å². The minimum atomic E-state index is -4.90. The number of nitrogens with zero attached hydrogens (tertiary/aromatic N) is 1. The summed E-state index contributed by atoms with van der Waals surface area (Å²) in [7, 11) is -3.30. The molecule has 1 amide bonds. The van der Waals surface area contributed by atoms with Crippen LogP contribution in [0, 0.1) is 5.82 Å². The molecule has 0 atom stereocenters. The van der Waals surface area contributed by atoms with E-state index in [4.69, 9.17) is 0 Å². The molecule has 23 heavy (non-hydrogen) atoms.